The molecule has 0 amide bonds. The molecule has 3 aliphatic rings. The van der Waals surface area contributed by atoms with Gasteiger partial charge in [0.2, 0.25) is 0 Å². The van der Waals surface area contributed by atoms with Gasteiger partial charge in [0.15, 0.2) is 0 Å². The van der Waals surface area contributed by atoms with Crippen molar-refractivity contribution in [1.82, 2.24) is 10.2 Å². The summed E-state index contributed by atoms with van der Waals surface area (Å²) in [5, 5.41) is 3.69. The molecule has 2 saturated heterocycles. The molecule has 2 atom stereocenters. The smallest absolute Gasteiger partial charge is 0.0113 e. The monoisotopic (exact) mass is 236 g/mol. The predicted molar refractivity (Wildman–Crippen MR) is 72.2 cm³/mol. The second-order valence-electron chi connectivity index (χ2n) is 6.46. The molecule has 1 aliphatic carbocycles. The fourth-order valence-corrected chi connectivity index (χ4v) is 4.21. The lowest BCUT2D eigenvalue weighted by Crippen LogP contribution is -2.57. The van der Waals surface area contributed by atoms with E-state index in [0.717, 1.165) is 30.6 Å². The number of nitrogens with one attached hydrogen (secondary N) is 1. The maximum Gasteiger partial charge on any atom is 0.0113 e. The van der Waals surface area contributed by atoms with E-state index in [1.54, 1.807) is 0 Å². The Labute approximate surface area is 106 Å². The van der Waals surface area contributed by atoms with E-state index in [1.807, 2.05) is 0 Å². The van der Waals surface area contributed by atoms with Crippen molar-refractivity contribution in [3.8, 4) is 0 Å². The number of hydrogen-bond donors (Lipinski definition) is 1. The Hall–Kier alpha value is -0.0800. The number of nitrogens with zero attached hydrogens (tertiary/aromatic N) is 1. The predicted octanol–water partition coefficient (Wildman–Crippen LogP) is 2.78. The molecule has 3 fully saturated rings. The quantitative estimate of drug-likeness (QED) is 0.807. The Morgan fingerprint density at radius 2 is 1.65 bits per heavy atom. The van der Waals surface area contributed by atoms with Crippen LogP contribution in [0, 0.1) is 5.92 Å². The van der Waals surface area contributed by atoms with Crippen molar-refractivity contribution in [2.45, 2.75) is 76.4 Å². The molecule has 17 heavy (non-hydrogen) atoms. The van der Waals surface area contributed by atoms with Crippen molar-refractivity contribution in [2.75, 3.05) is 13.1 Å². The third-order valence-corrected chi connectivity index (χ3v) is 5.31. The molecule has 2 nitrogen and oxygen atoms in total. The Bertz CT molecular complexity index is 235. The molecule has 0 aromatic rings. The first-order valence-corrected chi connectivity index (χ1v) is 7.86. The molecule has 2 bridgehead atoms. The van der Waals surface area contributed by atoms with Crippen molar-refractivity contribution in [3.63, 3.8) is 0 Å². The lowest BCUT2D eigenvalue weighted by molar-refractivity contribution is 0.00256. The fourth-order valence-electron chi connectivity index (χ4n) is 4.21. The molecule has 3 rings (SSSR count). The average Bonchev–Trinajstić information content (AvgIpc) is 2.24. The standard InChI is InChI=1S/C15H28N2/c1-2-16-13-9-14-7-4-8-15(10-13)17(14)11-12-5-3-6-12/h12-16H,2-11H2,1H3. The molecule has 2 heterocycles. The molecular formula is C15H28N2. The second kappa shape index (κ2) is 5.27. The van der Waals surface area contributed by atoms with Crippen LogP contribution in [-0.4, -0.2) is 36.1 Å². The first-order valence-electron chi connectivity index (χ1n) is 7.86. The second-order valence-corrected chi connectivity index (χ2v) is 6.46. The third kappa shape index (κ3) is 2.53. The van der Waals surface area contributed by atoms with E-state index in [0.29, 0.717) is 0 Å². The maximum atomic E-state index is 3.69. The van der Waals surface area contributed by atoms with E-state index in [4.69, 9.17) is 0 Å². The number of fused-ring (bicyclic) bond motifs is 2. The normalized spacial score (nSPS) is 39.0. The van der Waals surface area contributed by atoms with Crippen molar-refractivity contribution in [3.05, 3.63) is 0 Å². The molecular weight excluding hydrogens is 208 g/mol. The van der Waals surface area contributed by atoms with Gasteiger partial charge in [0, 0.05) is 24.7 Å². The van der Waals surface area contributed by atoms with Crippen LogP contribution in [0.1, 0.15) is 58.3 Å². The molecule has 2 heteroatoms. The van der Waals surface area contributed by atoms with Gasteiger partial charge in [-0.1, -0.05) is 19.8 Å². The highest BCUT2D eigenvalue weighted by molar-refractivity contribution is 4.96. The Morgan fingerprint density at radius 3 is 2.18 bits per heavy atom. The van der Waals surface area contributed by atoms with Gasteiger partial charge in [-0.05, 0) is 51.0 Å². The Morgan fingerprint density at radius 1 is 1.00 bits per heavy atom. The zero-order chi connectivity index (χ0) is 11.7. The van der Waals surface area contributed by atoms with E-state index in [1.165, 1.54) is 57.9 Å². The molecule has 0 radical (unpaired) electrons. The summed E-state index contributed by atoms with van der Waals surface area (Å²) in [6.45, 7) is 4.82. The van der Waals surface area contributed by atoms with Gasteiger partial charge in [0.05, 0.1) is 0 Å². The van der Waals surface area contributed by atoms with Gasteiger partial charge in [0.25, 0.3) is 0 Å². The van der Waals surface area contributed by atoms with Crippen LogP contribution >= 0.6 is 0 Å². The first kappa shape index (κ1) is 12.0. The minimum Gasteiger partial charge on any atom is -0.314 e. The van der Waals surface area contributed by atoms with Crippen LogP contribution in [0.4, 0.5) is 0 Å². The fraction of sp³-hybridized carbons (Fsp3) is 1.00. The van der Waals surface area contributed by atoms with Gasteiger partial charge in [-0.15, -0.1) is 0 Å². The highest BCUT2D eigenvalue weighted by Crippen LogP contribution is 2.37. The Kier molecular flexibility index (Phi) is 3.72. The van der Waals surface area contributed by atoms with Gasteiger partial charge < -0.3 is 5.32 Å². The van der Waals surface area contributed by atoms with Gasteiger partial charge in [-0.25, -0.2) is 0 Å². The largest absolute Gasteiger partial charge is 0.314 e. The minimum absolute atomic E-state index is 0.813. The zero-order valence-electron chi connectivity index (χ0n) is 11.3. The molecule has 98 valence electrons. The van der Waals surface area contributed by atoms with E-state index >= 15 is 0 Å². The minimum atomic E-state index is 0.813. The molecule has 2 aliphatic heterocycles. The number of piperidine rings is 2. The molecule has 2 unspecified atom stereocenters. The zero-order valence-corrected chi connectivity index (χ0v) is 11.3. The van der Waals surface area contributed by atoms with Crippen LogP contribution in [0.3, 0.4) is 0 Å². The van der Waals surface area contributed by atoms with Gasteiger partial charge in [-0.3, -0.25) is 4.90 Å². The molecule has 0 spiro atoms. The summed E-state index contributed by atoms with van der Waals surface area (Å²) in [4.78, 5) is 2.90. The van der Waals surface area contributed by atoms with Crippen LogP contribution in [0.25, 0.3) is 0 Å². The van der Waals surface area contributed by atoms with Crippen LogP contribution in [0.15, 0.2) is 0 Å². The highest BCUT2D eigenvalue weighted by atomic mass is 15.2. The van der Waals surface area contributed by atoms with Crippen molar-refractivity contribution in [2.24, 2.45) is 5.92 Å². The lowest BCUT2D eigenvalue weighted by Gasteiger charge is -2.51. The summed E-state index contributed by atoms with van der Waals surface area (Å²) in [5.41, 5.74) is 0. The van der Waals surface area contributed by atoms with E-state index < -0.39 is 0 Å². The summed E-state index contributed by atoms with van der Waals surface area (Å²) < 4.78 is 0. The van der Waals surface area contributed by atoms with Gasteiger partial charge >= 0.3 is 0 Å². The molecule has 0 aromatic heterocycles. The van der Waals surface area contributed by atoms with Crippen LogP contribution < -0.4 is 5.32 Å². The molecule has 1 saturated carbocycles. The maximum absolute atomic E-state index is 3.69. The number of hydrogen-bond acceptors (Lipinski definition) is 2. The lowest BCUT2D eigenvalue weighted by atomic mass is 9.78. The van der Waals surface area contributed by atoms with E-state index in [-0.39, 0.29) is 0 Å². The topological polar surface area (TPSA) is 15.3 Å². The van der Waals surface area contributed by atoms with Gasteiger partial charge in [-0.2, -0.15) is 0 Å². The highest BCUT2D eigenvalue weighted by Gasteiger charge is 2.39. The SMILES string of the molecule is CCNC1CC2CCCC(C1)N2CC1CCC1. The van der Waals surface area contributed by atoms with E-state index in [9.17, 15) is 0 Å². The summed E-state index contributed by atoms with van der Waals surface area (Å²) in [6, 6.07) is 2.63. The summed E-state index contributed by atoms with van der Waals surface area (Å²) in [5.74, 6) is 1.05. The number of rotatable bonds is 4. The van der Waals surface area contributed by atoms with E-state index in [2.05, 4.69) is 17.1 Å². The van der Waals surface area contributed by atoms with Crippen molar-refractivity contribution >= 4 is 0 Å². The van der Waals surface area contributed by atoms with Crippen molar-refractivity contribution in [1.29, 1.82) is 0 Å². The average molecular weight is 236 g/mol. The van der Waals surface area contributed by atoms with Crippen molar-refractivity contribution < 1.29 is 0 Å². The van der Waals surface area contributed by atoms with Crippen LogP contribution in [-0.2, 0) is 0 Å². The molecule has 0 aromatic carbocycles. The summed E-state index contributed by atoms with van der Waals surface area (Å²) >= 11 is 0. The Balaban J connectivity index is 1.60. The molecule has 1 N–H and O–H groups in total. The summed E-state index contributed by atoms with van der Waals surface area (Å²) in [6.07, 6.45) is 11.7. The third-order valence-electron chi connectivity index (χ3n) is 5.31. The van der Waals surface area contributed by atoms with Crippen LogP contribution in [0.2, 0.25) is 0 Å². The van der Waals surface area contributed by atoms with Crippen LogP contribution in [0.5, 0.6) is 0 Å². The van der Waals surface area contributed by atoms with Gasteiger partial charge in [0.1, 0.15) is 0 Å². The summed E-state index contributed by atoms with van der Waals surface area (Å²) in [7, 11) is 0. The first-order chi connectivity index (χ1) is 8.36.